The van der Waals surface area contributed by atoms with Crippen molar-refractivity contribution < 1.29 is 9.47 Å². The molecule has 0 fully saturated rings. The van der Waals surface area contributed by atoms with Crippen LogP contribution in [-0.4, -0.2) is 24.4 Å². The van der Waals surface area contributed by atoms with Crippen LogP contribution in [0.15, 0.2) is 0 Å². The first kappa shape index (κ1) is 18.9. The molecule has 0 aliphatic carbocycles. The Labute approximate surface area is 121 Å². The Morgan fingerprint density at radius 1 is 0.684 bits per heavy atom. The van der Waals surface area contributed by atoms with E-state index in [2.05, 4.69) is 69.2 Å². The summed E-state index contributed by atoms with van der Waals surface area (Å²) in [4.78, 5) is 0. The predicted molar refractivity (Wildman–Crippen MR) is 83.6 cm³/mol. The molecule has 0 aliphatic heterocycles. The van der Waals surface area contributed by atoms with E-state index in [-0.39, 0.29) is 22.0 Å². The first-order valence-corrected chi connectivity index (χ1v) is 7.44. The van der Waals surface area contributed by atoms with Crippen LogP contribution < -0.4 is 0 Å². The molecular weight excluding hydrogens is 236 g/mol. The SMILES string of the molecule is CC(C)(C)COC(C)(C)CCOC(C)(C)C(C)(C)C. The molecule has 0 N–H and O–H groups in total. The zero-order chi connectivity index (χ0) is 15.5. The molecule has 0 rings (SSSR count). The molecule has 2 heteroatoms. The van der Waals surface area contributed by atoms with E-state index in [9.17, 15) is 0 Å². The van der Waals surface area contributed by atoms with Crippen LogP contribution in [-0.2, 0) is 9.47 Å². The molecular formula is C17H36O2. The van der Waals surface area contributed by atoms with Crippen molar-refractivity contribution in [3.8, 4) is 0 Å². The fraction of sp³-hybridized carbons (Fsp3) is 1.00. The van der Waals surface area contributed by atoms with E-state index in [1.165, 1.54) is 0 Å². The summed E-state index contributed by atoms with van der Waals surface area (Å²) >= 11 is 0. The van der Waals surface area contributed by atoms with E-state index >= 15 is 0 Å². The second kappa shape index (κ2) is 6.13. The van der Waals surface area contributed by atoms with Crippen LogP contribution in [0.4, 0.5) is 0 Å². The fourth-order valence-corrected chi connectivity index (χ4v) is 1.25. The van der Waals surface area contributed by atoms with Gasteiger partial charge in [-0.1, -0.05) is 41.5 Å². The molecule has 116 valence electrons. The van der Waals surface area contributed by atoms with Gasteiger partial charge < -0.3 is 9.47 Å². The second-order valence-electron chi connectivity index (χ2n) is 8.97. The summed E-state index contributed by atoms with van der Waals surface area (Å²) in [6.45, 7) is 23.4. The van der Waals surface area contributed by atoms with Crippen molar-refractivity contribution in [2.45, 2.75) is 86.9 Å². The highest BCUT2D eigenvalue weighted by atomic mass is 16.5. The van der Waals surface area contributed by atoms with Crippen LogP contribution in [0, 0.1) is 10.8 Å². The Balaban J connectivity index is 4.19. The van der Waals surface area contributed by atoms with E-state index in [0.29, 0.717) is 0 Å². The molecule has 0 atom stereocenters. The van der Waals surface area contributed by atoms with Crippen LogP contribution in [0.5, 0.6) is 0 Å². The summed E-state index contributed by atoms with van der Waals surface area (Å²) in [6, 6.07) is 0. The molecule has 0 aromatic carbocycles. The molecule has 0 amide bonds. The molecule has 0 aromatic heterocycles. The van der Waals surface area contributed by atoms with Crippen molar-refractivity contribution in [1.29, 1.82) is 0 Å². The second-order valence-corrected chi connectivity index (χ2v) is 8.97. The van der Waals surface area contributed by atoms with Gasteiger partial charge in [0, 0.05) is 0 Å². The van der Waals surface area contributed by atoms with E-state index in [4.69, 9.17) is 9.47 Å². The summed E-state index contributed by atoms with van der Waals surface area (Å²) in [7, 11) is 0. The van der Waals surface area contributed by atoms with E-state index in [1.807, 2.05) is 0 Å². The normalized spacial score (nSPS) is 14.8. The van der Waals surface area contributed by atoms with Gasteiger partial charge in [-0.25, -0.2) is 0 Å². The highest BCUT2D eigenvalue weighted by molar-refractivity contribution is 4.84. The molecule has 0 saturated carbocycles. The van der Waals surface area contributed by atoms with E-state index < -0.39 is 0 Å². The Morgan fingerprint density at radius 3 is 1.53 bits per heavy atom. The van der Waals surface area contributed by atoms with Crippen LogP contribution >= 0.6 is 0 Å². The predicted octanol–water partition coefficient (Wildman–Crippen LogP) is 5.06. The third kappa shape index (κ3) is 7.94. The molecule has 0 bridgehead atoms. The average molecular weight is 272 g/mol. The quantitative estimate of drug-likeness (QED) is 0.673. The van der Waals surface area contributed by atoms with Gasteiger partial charge in [0.2, 0.25) is 0 Å². The molecule has 0 spiro atoms. The number of hydrogen-bond acceptors (Lipinski definition) is 2. The number of hydrogen-bond donors (Lipinski definition) is 0. The zero-order valence-electron chi connectivity index (χ0n) is 14.9. The maximum Gasteiger partial charge on any atom is 0.0674 e. The minimum atomic E-state index is -0.124. The van der Waals surface area contributed by atoms with E-state index in [1.54, 1.807) is 0 Å². The molecule has 0 aromatic rings. The van der Waals surface area contributed by atoms with E-state index in [0.717, 1.165) is 19.6 Å². The largest absolute Gasteiger partial charge is 0.375 e. The maximum absolute atomic E-state index is 6.08. The number of rotatable bonds is 6. The van der Waals surface area contributed by atoms with Crippen LogP contribution in [0.1, 0.15) is 75.7 Å². The van der Waals surface area contributed by atoms with Crippen molar-refractivity contribution in [2.75, 3.05) is 13.2 Å². The highest BCUT2D eigenvalue weighted by Gasteiger charge is 2.34. The third-order valence-corrected chi connectivity index (χ3v) is 3.87. The van der Waals surface area contributed by atoms with Gasteiger partial charge in [0.05, 0.1) is 24.4 Å². The lowest BCUT2D eigenvalue weighted by Gasteiger charge is -2.39. The van der Waals surface area contributed by atoms with Gasteiger partial charge >= 0.3 is 0 Å². The van der Waals surface area contributed by atoms with Gasteiger partial charge in [0.15, 0.2) is 0 Å². The lowest BCUT2D eigenvalue weighted by molar-refractivity contribution is -0.118. The van der Waals surface area contributed by atoms with Crippen molar-refractivity contribution in [3.05, 3.63) is 0 Å². The van der Waals surface area contributed by atoms with Crippen molar-refractivity contribution >= 4 is 0 Å². The van der Waals surface area contributed by atoms with Gasteiger partial charge in [0.25, 0.3) is 0 Å². The van der Waals surface area contributed by atoms with Gasteiger partial charge in [0.1, 0.15) is 0 Å². The Kier molecular flexibility index (Phi) is 6.11. The minimum absolute atomic E-state index is 0.118. The summed E-state index contributed by atoms with van der Waals surface area (Å²) in [5.41, 5.74) is 0.112. The van der Waals surface area contributed by atoms with Crippen LogP contribution in [0.25, 0.3) is 0 Å². The van der Waals surface area contributed by atoms with Gasteiger partial charge in [-0.05, 0) is 44.9 Å². The minimum Gasteiger partial charge on any atom is -0.375 e. The smallest absolute Gasteiger partial charge is 0.0674 e. The first-order chi connectivity index (χ1) is 8.16. The monoisotopic (exact) mass is 272 g/mol. The molecule has 19 heavy (non-hydrogen) atoms. The van der Waals surface area contributed by atoms with Gasteiger partial charge in [-0.3, -0.25) is 0 Å². The topological polar surface area (TPSA) is 18.5 Å². The molecule has 2 nitrogen and oxygen atoms in total. The summed E-state index contributed by atoms with van der Waals surface area (Å²) in [5.74, 6) is 0. The summed E-state index contributed by atoms with van der Waals surface area (Å²) in [5, 5.41) is 0. The average Bonchev–Trinajstić information content (AvgIpc) is 2.11. The van der Waals surface area contributed by atoms with Crippen molar-refractivity contribution in [2.24, 2.45) is 10.8 Å². The first-order valence-electron chi connectivity index (χ1n) is 7.44. The standard InChI is InChI=1S/C17H36O2/c1-14(2,3)13-19-16(7,8)11-12-18-17(9,10)15(4,5)6/h11-13H2,1-10H3. The summed E-state index contributed by atoms with van der Waals surface area (Å²) < 4.78 is 12.1. The molecule has 0 aliphatic rings. The third-order valence-electron chi connectivity index (χ3n) is 3.87. The van der Waals surface area contributed by atoms with Gasteiger partial charge in [-0.15, -0.1) is 0 Å². The number of ether oxygens (including phenoxy) is 2. The maximum atomic E-state index is 6.08. The van der Waals surface area contributed by atoms with Crippen molar-refractivity contribution in [1.82, 2.24) is 0 Å². The lowest BCUT2D eigenvalue weighted by atomic mass is 9.79. The summed E-state index contributed by atoms with van der Waals surface area (Å²) in [6.07, 6.45) is 0.919. The van der Waals surface area contributed by atoms with Crippen LogP contribution in [0.3, 0.4) is 0 Å². The Hall–Kier alpha value is -0.0800. The van der Waals surface area contributed by atoms with Crippen LogP contribution in [0.2, 0.25) is 0 Å². The molecule has 0 heterocycles. The Morgan fingerprint density at radius 2 is 1.16 bits per heavy atom. The Bertz CT molecular complexity index is 264. The van der Waals surface area contributed by atoms with Gasteiger partial charge in [-0.2, -0.15) is 0 Å². The molecule has 0 radical (unpaired) electrons. The fourth-order valence-electron chi connectivity index (χ4n) is 1.25. The zero-order valence-corrected chi connectivity index (χ0v) is 14.9. The highest BCUT2D eigenvalue weighted by Crippen LogP contribution is 2.33. The molecule has 0 unspecified atom stereocenters. The van der Waals surface area contributed by atoms with Crippen molar-refractivity contribution in [3.63, 3.8) is 0 Å². The lowest BCUT2D eigenvalue weighted by Crippen LogP contribution is -2.41. The molecule has 0 saturated heterocycles.